The van der Waals surface area contributed by atoms with Crippen LogP contribution in [0.4, 0.5) is 39.5 Å². The van der Waals surface area contributed by atoms with Gasteiger partial charge < -0.3 is 23.7 Å². The zero-order valence-corrected chi connectivity index (χ0v) is 32.5. The Morgan fingerprint density at radius 1 is 0.638 bits per heavy atom. The molecule has 0 radical (unpaired) electrons. The molecule has 0 amide bonds. The quantitative estimate of drug-likeness (QED) is 0.137. The van der Waals surface area contributed by atoms with E-state index >= 15 is 0 Å². The maximum absolute atomic E-state index is 12.7. The lowest BCUT2D eigenvalue weighted by Gasteiger charge is -2.13. The molecule has 1 N–H and O–H groups in total. The summed E-state index contributed by atoms with van der Waals surface area (Å²) < 4.78 is 135. The van der Waals surface area contributed by atoms with Crippen LogP contribution in [-0.4, -0.2) is 17.2 Å². The molecule has 3 unspecified atom stereocenters. The highest BCUT2D eigenvalue weighted by molar-refractivity contribution is 14.1. The second kappa shape index (κ2) is 16.1. The Kier molecular flexibility index (Phi) is 11.7. The summed E-state index contributed by atoms with van der Waals surface area (Å²) in [5, 5.41) is 10.00. The fraction of sp³-hybridized carbons (Fsp3) is 0.214. The van der Waals surface area contributed by atoms with Crippen molar-refractivity contribution in [1.82, 2.24) is 0 Å². The van der Waals surface area contributed by atoms with Crippen molar-refractivity contribution in [3.05, 3.63) is 146 Å². The zero-order valence-electron chi connectivity index (χ0n) is 30.3. The third-order valence-corrected chi connectivity index (χ3v) is 10.4. The van der Waals surface area contributed by atoms with Gasteiger partial charge in [0.1, 0.15) is 46.4 Å². The van der Waals surface area contributed by atoms with E-state index in [0.717, 1.165) is 50.9 Å². The van der Waals surface area contributed by atoms with E-state index in [0.29, 0.717) is 51.0 Å². The average Bonchev–Trinajstić information content (AvgIpc) is 3.44. The first-order valence-corrected chi connectivity index (χ1v) is 18.2. The van der Waals surface area contributed by atoms with Gasteiger partial charge in [0.15, 0.2) is 0 Å². The van der Waals surface area contributed by atoms with Gasteiger partial charge in [-0.05, 0) is 139 Å². The lowest BCUT2D eigenvalue weighted by atomic mass is 10.1. The second-order valence-electron chi connectivity index (χ2n) is 13.4. The van der Waals surface area contributed by atoms with Crippen LogP contribution in [-0.2, 0) is 23.3 Å². The van der Waals surface area contributed by atoms with E-state index in [1.165, 1.54) is 18.2 Å². The summed E-state index contributed by atoms with van der Waals surface area (Å²) in [5.41, 5.74) is 0.939. The first-order chi connectivity index (χ1) is 27.1. The number of alkyl halides is 9. The monoisotopic (exact) mass is 928 g/mol. The Hall–Kier alpha value is -5.39. The average molecular weight is 929 g/mol. The van der Waals surface area contributed by atoms with Crippen LogP contribution in [0.25, 0.3) is 11.0 Å². The number of fused-ring (bicyclic) bond motifs is 4. The molecule has 6 nitrogen and oxygen atoms in total. The molecular formula is C42H30F9IO6. The number of aliphatic carboxylic acids is 1. The summed E-state index contributed by atoms with van der Waals surface area (Å²) in [6, 6.07) is 22.6. The highest BCUT2D eigenvalue weighted by Crippen LogP contribution is 2.59. The third kappa shape index (κ3) is 9.65. The lowest BCUT2D eigenvalue weighted by molar-refractivity contribution is -0.140. The van der Waals surface area contributed by atoms with Gasteiger partial charge in [-0.15, -0.1) is 0 Å². The molecule has 58 heavy (non-hydrogen) atoms. The smallest absolute Gasteiger partial charge is 0.416 e. The number of carboxylic acids is 1. The van der Waals surface area contributed by atoms with Crippen LogP contribution in [0.2, 0.25) is 0 Å². The molecule has 0 spiro atoms. The fourth-order valence-electron chi connectivity index (χ4n) is 6.15. The van der Waals surface area contributed by atoms with Crippen molar-refractivity contribution in [2.45, 2.75) is 51.3 Å². The molecule has 3 atom stereocenters. The van der Waals surface area contributed by atoms with E-state index in [-0.39, 0.29) is 12.0 Å². The number of benzene rings is 5. The summed E-state index contributed by atoms with van der Waals surface area (Å²) >= 11 is 2.00. The minimum atomic E-state index is -4.40. The van der Waals surface area contributed by atoms with Gasteiger partial charge in [-0.1, -0.05) is 6.07 Å². The highest BCUT2D eigenvalue weighted by atomic mass is 127. The van der Waals surface area contributed by atoms with E-state index in [9.17, 15) is 44.3 Å². The maximum Gasteiger partial charge on any atom is 0.416 e. The van der Waals surface area contributed by atoms with Crippen molar-refractivity contribution < 1.29 is 68.0 Å². The van der Waals surface area contributed by atoms with Crippen molar-refractivity contribution in [3.63, 3.8) is 0 Å². The molecule has 1 aromatic heterocycles. The van der Waals surface area contributed by atoms with Crippen molar-refractivity contribution in [1.29, 1.82) is 0 Å². The number of carbonyl (C=O) groups is 1. The summed E-state index contributed by atoms with van der Waals surface area (Å²) in [6.07, 6.45) is -11.7. The standard InChI is InChI=1S/C18H13F3O4.C16H11F3O2.C8H6F3I/c1-8-6-9(18(19,20)21)2-5-12(8)24-10-3-4-11-13(7-10)25-16-14(11)15(16)17(22)23;1-10-8-12(16(17,18)19)3-5-14(10)21-13-4-2-11-6-7-20-15(11)9-13;1-5-4-6(8(9,10)11)2-3-7(5)12/h2-7,14-16H,1H3,(H,22,23);2-9H,1H3;2-4H,1H3. The number of hydrogen-bond acceptors (Lipinski definition) is 5. The van der Waals surface area contributed by atoms with E-state index in [1.807, 2.05) is 34.7 Å². The largest absolute Gasteiger partial charge is 0.488 e. The first kappa shape index (κ1) is 42.2. The Morgan fingerprint density at radius 3 is 1.64 bits per heavy atom. The molecule has 6 aromatic rings. The van der Waals surface area contributed by atoms with Crippen LogP contribution in [0.15, 0.2) is 108 Å². The molecule has 1 aliphatic heterocycles. The molecule has 1 aliphatic carbocycles. The number of halogens is 10. The molecule has 304 valence electrons. The predicted octanol–water partition coefficient (Wildman–Crippen LogP) is 13.5. The van der Waals surface area contributed by atoms with Gasteiger partial charge in [0.25, 0.3) is 0 Å². The molecule has 0 saturated heterocycles. The summed E-state index contributed by atoms with van der Waals surface area (Å²) in [5.74, 6) is 0.699. The van der Waals surface area contributed by atoms with E-state index in [4.69, 9.17) is 23.7 Å². The van der Waals surface area contributed by atoms with Gasteiger partial charge in [-0.2, -0.15) is 39.5 Å². The second-order valence-corrected chi connectivity index (χ2v) is 14.6. The number of rotatable bonds is 5. The van der Waals surface area contributed by atoms with Crippen molar-refractivity contribution in [2.24, 2.45) is 5.92 Å². The Bertz CT molecular complexity index is 2470. The molecule has 1 fully saturated rings. The van der Waals surface area contributed by atoms with E-state index < -0.39 is 47.1 Å². The first-order valence-electron chi connectivity index (χ1n) is 17.2. The van der Waals surface area contributed by atoms with Crippen LogP contribution in [0, 0.1) is 30.3 Å². The predicted molar refractivity (Wildman–Crippen MR) is 202 cm³/mol. The Labute approximate surface area is 338 Å². The molecule has 1 saturated carbocycles. The number of hydrogen-bond donors (Lipinski definition) is 1. The molecule has 16 heteroatoms. The van der Waals surface area contributed by atoms with Gasteiger partial charge in [-0.3, -0.25) is 4.79 Å². The van der Waals surface area contributed by atoms with Crippen molar-refractivity contribution in [2.75, 3.05) is 0 Å². The zero-order chi connectivity index (χ0) is 42.3. The molecule has 8 rings (SSSR count). The SMILES string of the molecule is Cc1cc(C(F)(F)F)ccc1I.Cc1cc(C(F)(F)F)ccc1Oc1ccc2c(c1)OC1C(C(=O)O)C21.Cc1cc(C(F)(F)F)ccc1Oc1ccc2ccoc2c1. The van der Waals surface area contributed by atoms with Crippen LogP contribution < -0.4 is 14.2 Å². The minimum Gasteiger partial charge on any atom is -0.488 e. The minimum absolute atomic E-state index is 0.130. The molecular weight excluding hydrogens is 898 g/mol. The molecule has 0 bridgehead atoms. The van der Waals surface area contributed by atoms with Gasteiger partial charge in [0.05, 0.1) is 23.0 Å². The number of carboxylic acid groups (broad SMARTS) is 1. The normalized spacial score (nSPS) is 16.8. The van der Waals surface area contributed by atoms with Crippen LogP contribution in [0.5, 0.6) is 28.7 Å². The van der Waals surface area contributed by atoms with Gasteiger partial charge in [0, 0.05) is 32.6 Å². The van der Waals surface area contributed by atoms with Gasteiger partial charge >= 0.3 is 24.5 Å². The van der Waals surface area contributed by atoms with Crippen LogP contribution >= 0.6 is 22.6 Å². The fourth-order valence-corrected chi connectivity index (χ4v) is 6.49. The van der Waals surface area contributed by atoms with Gasteiger partial charge in [-0.25, -0.2) is 0 Å². The van der Waals surface area contributed by atoms with Crippen LogP contribution in [0.1, 0.15) is 44.9 Å². The van der Waals surface area contributed by atoms with Gasteiger partial charge in [0.2, 0.25) is 0 Å². The maximum atomic E-state index is 12.7. The Balaban J connectivity index is 0.000000156. The van der Waals surface area contributed by atoms with Crippen molar-refractivity contribution >= 4 is 39.5 Å². The summed E-state index contributed by atoms with van der Waals surface area (Å²) in [6.45, 7) is 4.79. The molecule has 5 aromatic carbocycles. The number of aryl methyl sites for hydroxylation is 3. The highest BCUT2D eigenvalue weighted by Gasteiger charge is 2.63. The van der Waals surface area contributed by atoms with Crippen LogP contribution in [0.3, 0.4) is 0 Å². The lowest BCUT2D eigenvalue weighted by Crippen LogP contribution is -2.08. The topological polar surface area (TPSA) is 78.1 Å². The van der Waals surface area contributed by atoms with Crippen molar-refractivity contribution in [3.8, 4) is 28.7 Å². The van der Waals surface area contributed by atoms with E-state index in [1.54, 1.807) is 57.4 Å². The summed E-state index contributed by atoms with van der Waals surface area (Å²) in [4.78, 5) is 11.0. The van der Waals surface area contributed by atoms with E-state index in [2.05, 4.69) is 0 Å². The molecule has 2 heterocycles. The number of furan rings is 1. The summed E-state index contributed by atoms with van der Waals surface area (Å²) in [7, 11) is 0. The third-order valence-electron chi connectivity index (χ3n) is 9.22. The molecule has 2 aliphatic rings. The number of ether oxygens (including phenoxy) is 3. The Morgan fingerprint density at radius 2 is 1.14 bits per heavy atom.